The number of aliphatic hydroxyl groups is 1. The molecule has 4 aromatic rings. The molecule has 0 bridgehead atoms. The van der Waals surface area contributed by atoms with Crippen molar-refractivity contribution in [2.75, 3.05) is 11.5 Å². The van der Waals surface area contributed by atoms with Gasteiger partial charge in [-0.3, -0.25) is 0 Å². The highest BCUT2D eigenvalue weighted by atomic mass is 19.4. The van der Waals surface area contributed by atoms with Crippen LogP contribution < -0.4 is 11.5 Å². The SMILES string of the molecule is CC(C)(O)c1ccc(-c2cnc3[nH]cc(N)c3c2)cc1.Nc1ccc(C(F)(F)F)cc1. The number of fused-ring (bicyclic) bond motifs is 1. The van der Waals surface area contributed by atoms with Crippen molar-refractivity contribution in [2.45, 2.75) is 25.6 Å². The third kappa shape index (κ3) is 5.35. The number of pyridine rings is 1. The van der Waals surface area contributed by atoms with Crippen LogP contribution in [0.4, 0.5) is 24.5 Å². The molecule has 8 heteroatoms. The molecule has 0 spiro atoms. The number of H-pyrrole nitrogens is 1. The van der Waals surface area contributed by atoms with Crippen LogP contribution in [0.1, 0.15) is 25.0 Å². The highest BCUT2D eigenvalue weighted by molar-refractivity contribution is 5.91. The van der Waals surface area contributed by atoms with Crippen LogP contribution in [0.25, 0.3) is 22.2 Å². The molecule has 0 saturated carbocycles. The normalized spacial score (nSPS) is 11.8. The summed E-state index contributed by atoms with van der Waals surface area (Å²) in [6, 6.07) is 14.2. The summed E-state index contributed by atoms with van der Waals surface area (Å²) in [5.74, 6) is 0. The lowest BCUT2D eigenvalue weighted by atomic mass is 9.96. The summed E-state index contributed by atoms with van der Waals surface area (Å²) in [6.45, 7) is 3.55. The average Bonchev–Trinajstić information content (AvgIpc) is 3.08. The second-order valence-corrected chi connectivity index (χ2v) is 7.62. The van der Waals surface area contributed by atoms with Crippen molar-refractivity contribution >= 4 is 22.4 Å². The largest absolute Gasteiger partial charge is 0.416 e. The van der Waals surface area contributed by atoms with Gasteiger partial charge < -0.3 is 21.6 Å². The molecular weight excluding hydrogens is 405 g/mol. The van der Waals surface area contributed by atoms with Gasteiger partial charge in [0.05, 0.1) is 16.9 Å². The first kappa shape index (κ1) is 22.2. The van der Waals surface area contributed by atoms with E-state index in [9.17, 15) is 18.3 Å². The number of benzene rings is 2. The van der Waals surface area contributed by atoms with E-state index in [-0.39, 0.29) is 0 Å². The third-order valence-corrected chi connectivity index (χ3v) is 4.73. The minimum Gasteiger partial charge on any atom is -0.399 e. The first-order chi connectivity index (χ1) is 14.4. The van der Waals surface area contributed by atoms with E-state index < -0.39 is 17.3 Å². The minimum atomic E-state index is -4.27. The quantitative estimate of drug-likeness (QED) is 0.324. The first-order valence-corrected chi connectivity index (χ1v) is 9.44. The Kier molecular flexibility index (Phi) is 5.94. The van der Waals surface area contributed by atoms with E-state index >= 15 is 0 Å². The average molecular weight is 428 g/mol. The number of rotatable bonds is 2. The van der Waals surface area contributed by atoms with Crippen LogP contribution in [0.5, 0.6) is 0 Å². The van der Waals surface area contributed by atoms with Gasteiger partial charge in [-0.2, -0.15) is 13.2 Å². The van der Waals surface area contributed by atoms with E-state index in [1.54, 1.807) is 20.0 Å². The molecular formula is C23H23F3N4O. The molecule has 162 valence electrons. The van der Waals surface area contributed by atoms with E-state index in [0.29, 0.717) is 11.4 Å². The second-order valence-electron chi connectivity index (χ2n) is 7.62. The molecule has 0 fully saturated rings. The summed E-state index contributed by atoms with van der Waals surface area (Å²) >= 11 is 0. The first-order valence-electron chi connectivity index (χ1n) is 9.44. The number of halogens is 3. The number of nitrogens with one attached hydrogen (secondary N) is 1. The minimum absolute atomic E-state index is 0.331. The molecule has 2 heterocycles. The Hall–Kier alpha value is -3.52. The Morgan fingerprint density at radius 2 is 1.45 bits per heavy atom. The summed E-state index contributed by atoms with van der Waals surface area (Å²) < 4.78 is 35.6. The molecule has 0 aliphatic heterocycles. The fraction of sp³-hybridized carbons (Fsp3) is 0.174. The lowest BCUT2D eigenvalue weighted by Crippen LogP contribution is -2.14. The van der Waals surface area contributed by atoms with Gasteiger partial charge in [0.2, 0.25) is 0 Å². The molecule has 31 heavy (non-hydrogen) atoms. The van der Waals surface area contributed by atoms with Crippen molar-refractivity contribution in [1.82, 2.24) is 9.97 Å². The maximum absolute atomic E-state index is 11.9. The van der Waals surface area contributed by atoms with Gasteiger partial charge in [0.25, 0.3) is 0 Å². The summed E-state index contributed by atoms with van der Waals surface area (Å²) in [7, 11) is 0. The maximum atomic E-state index is 11.9. The summed E-state index contributed by atoms with van der Waals surface area (Å²) in [5, 5.41) is 10.9. The van der Waals surface area contributed by atoms with Crippen LogP contribution in [-0.2, 0) is 11.8 Å². The fourth-order valence-electron chi connectivity index (χ4n) is 2.92. The van der Waals surface area contributed by atoms with Crippen molar-refractivity contribution in [2.24, 2.45) is 0 Å². The Morgan fingerprint density at radius 1 is 0.871 bits per heavy atom. The number of anilines is 2. The van der Waals surface area contributed by atoms with Crippen molar-refractivity contribution in [3.05, 3.63) is 78.1 Å². The number of alkyl halides is 3. The Morgan fingerprint density at radius 3 is 2.00 bits per heavy atom. The number of hydrogen-bond donors (Lipinski definition) is 4. The molecule has 2 aromatic carbocycles. The van der Waals surface area contributed by atoms with Crippen LogP contribution >= 0.6 is 0 Å². The van der Waals surface area contributed by atoms with E-state index in [0.717, 1.165) is 39.9 Å². The lowest BCUT2D eigenvalue weighted by molar-refractivity contribution is -0.137. The number of nitrogens with two attached hydrogens (primary N) is 2. The Bertz CT molecular complexity index is 1160. The highest BCUT2D eigenvalue weighted by Crippen LogP contribution is 2.29. The van der Waals surface area contributed by atoms with Gasteiger partial charge in [0, 0.05) is 29.0 Å². The van der Waals surface area contributed by atoms with Crippen molar-refractivity contribution in [3.8, 4) is 11.1 Å². The molecule has 6 N–H and O–H groups in total. The number of nitrogen functional groups attached to an aromatic ring is 2. The highest BCUT2D eigenvalue weighted by Gasteiger charge is 2.29. The molecule has 0 aliphatic carbocycles. The Labute approximate surface area is 177 Å². The molecule has 0 saturated heterocycles. The van der Waals surface area contributed by atoms with Crippen LogP contribution in [0.2, 0.25) is 0 Å². The number of hydrogen-bond acceptors (Lipinski definition) is 4. The molecule has 0 amide bonds. The second kappa shape index (κ2) is 8.31. The monoisotopic (exact) mass is 428 g/mol. The standard InChI is InChI=1S/C16H17N3O.C7H6F3N/c1-16(2,20)12-5-3-10(4-6-12)11-7-13-14(17)9-19-15(13)18-8-11;8-7(9,10)5-1-3-6(11)4-2-5/h3-9,20H,17H2,1-2H3,(H,18,19);1-4H,11H2. The van der Waals surface area contributed by atoms with E-state index in [1.807, 2.05) is 36.5 Å². The summed E-state index contributed by atoms with van der Waals surface area (Å²) in [5.41, 5.74) is 14.4. The topological polar surface area (TPSA) is 101 Å². The van der Waals surface area contributed by atoms with Crippen molar-refractivity contribution in [1.29, 1.82) is 0 Å². The van der Waals surface area contributed by atoms with Gasteiger partial charge in [0.1, 0.15) is 5.65 Å². The number of aromatic amines is 1. The molecule has 2 aromatic heterocycles. The van der Waals surface area contributed by atoms with Crippen LogP contribution in [0.15, 0.2) is 67.0 Å². The summed E-state index contributed by atoms with van der Waals surface area (Å²) in [6.07, 6.45) is -0.704. The van der Waals surface area contributed by atoms with Gasteiger partial charge in [0.15, 0.2) is 0 Å². The van der Waals surface area contributed by atoms with Gasteiger partial charge in [-0.05, 0) is 55.3 Å². The van der Waals surface area contributed by atoms with E-state index in [2.05, 4.69) is 9.97 Å². The van der Waals surface area contributed by atoms with Crippen molar-refractivity contribution < 1.29 is 18.3 Å². The zero-order valence-corrected chi connectivity index (χ0v) is 17.0. The molecule has 0 atom stereocenters. The van der Waals surface area contributed by atoms with Crippen LogP contribution in [-0.4, -0.2) is 15.1 Å². The predicted molar refractivity (Wildman–Crippen MR) is 117 cm³/mol. The molecule has 5 nitrogen and oxygen atoms in total. The van der Waals surface area contributed by atoms with E-state index in [1.165, 1.54) is 12.1 Å². The van der Waals surface area contributed by atoms with Crippen molar-refractivity contribution in [3.63, 3.8) is 0 Å². The van der Waals surface area contributed by atoms with Gasteiger partial charge in [-0.1, -0.05) is 24.3 Å². The van der Waals surface area contributed by atoms with Crippen LogP contribution in [0, 0.1) is 0 Å². The zero-order chi connectivity index (χ0) is 22.8. The molecule has 0 unspecified atom stereocenters. The zero-order valence-electron chi connectivity index (χ0n) is 17.0. The summed E-state index contributed by atoms with van der Waals surface area (Å²) in [4.78, 5) is 7.39. The molecule has 4 rings (SSSR count). The van der Waals surface area contributed by atoms with Gasteiger partial charge >= 0.3 is 6.18 Å². The number of aromatic nitrogens is 2. The van der Waals surface area contributed by atoms with Crippen LogP contribution in [0.3, 0.4) is 0 Å². The van der Waals surface area contributed by atoms with Gasteiger partial charge in [-0.25, -0.2) is 4.98 Å². The number of nitrogens with zero attached hydrogens (tertiary/aromatic N) is 1. The predicted octanol–water partition coefficient (Wildman–Crippen LogP) is 5.33. The molecule has 0 radical (unpaired) electrons. The van der Waals surface area contributed by atoms with E-state index in [4.69, 9.17) is 11.5 Å². The fourth-order valence-corrected chi connectivity index (χ4v) is 2.92. The third-order valence-electron chi connectivity index (χ3n) is 4.73. The maximum Gasteiger partial charge on any atom is 0.416 e. The molecule has 0 aliphatic rings. The van der Waals surface area contributed by atoms with Gasteiger partial charge in [-0.15, -0.1) is 0 Å². The Balaban J connectivity index is 0.000000210. The lowest BCUT2D eigenvalue weighted by Gasteiger charge is -2.17. The smallest absolute Gasteiger partial charge is 0.399 e.